The molecule has 1 amide bonds. The molecule has 1 aliphatic heterocycles. The lowest BCUT2D eigenvalue weighted by Crippen LogP contribution is -2.46. The summed E-state index contributed by atoms with van der Waals surface area (Å²) in [4.78, 5) is 26.9. The molecule has 0 spiro atoms. The lowest BCUT2D eigenvalue weighted by Gasteiger charge is -2.35. The van der Waals surface area contributed by atoms with E-state index < -0.39 is 5.82 Å². The number of hydrogen-bond acceptors (Lipinski definition) is 5. The van der Waals surface area contributed by atoms with Crippen LogP contribution in [0, 0.1) is 5.82 Å². The summed E-state index contributed by atoms with van der Waals surface area (Å²) in [5.41, 5.74) is 1.89. The van der Waals surface area contributed by atoms with Crippen molar-refractivity contribution >= 4 is 11.9 Å². The fraction of sp³-hybridized carbons (Fsp3) is 0.370. The van der Waals surface area contributed by atoms with Gasteiger partial charge in [0.25, 0.3) is 5.91 Å². The molecule has 0 bridgehead atoms. The zero-order valence-corrected chi connectivity index (χ0v) is 20.1. The minimum absolute atomic E-state index is 0.0212. The van der Waals surface area contributed by atoms with Crippen molar-refractivity contribution in [2.75, 3.05) is 18.0 Å². The third-order valence-corrected chi connectivity index (χ3v) is 5.92. The molecule has 7 heteroatoms. The van der Waals surface area contributed by atoms with E-state index in [9.17, 15) is 9.18 Å². The first-order chi connectivity index (χ1) is 16.3. The average molecular weight is 463 g/mol. The van der Waals surface area contributed by atoms with Crippen LogP contribution in [-0.2, 0) is 11.3 Å². The zero-order valence-electron chi connectivity index (χ0n) is 20.1. The summed E-state index contributed by atoms with van der Waals surface area (Å²) in [5, 5.41) is 0. The van der Waals surface area contributed by atoms with Crippen molar-refractivity contribution < 1.29 is 13.9 Å². The summed E-state index contributed by atoms with van der Waals surface area (Å²) >= 11 is 0. The van der Waals surface area contributed by atoms with E-state index in [4.69, 9.17) is 9.72 Å². The van der Waals surface area contributed by atoms with Gasteiger partial charge >= 0.3 is 0 Å². The number of amides is 1. The molecule has 178 valence electrons. The van der Waals surface area contributed by atoms with Crippen LogP contribution in [0.15, 0.2) is 60.8 Å². The first-order valence-electron chi connectivity index (χ1n) is 11.7. The molecular weight excluding hydrogens is 431 g/mol. The zero-order chi connectivity index (χ0) is 24.2. The molecule has 4 rings (SSSR count). The highest BCUT2D eigenvalue weighted by Crippen LogP contribution is 2.29. The number of hydrogen-bond donors (Lipinski definition) is 0. The standard InChI is InChI=1S/C27H31FN4O2/c1-18(2)32(17-21-10-6-5-7-11-21)26(33)23-14-29-27(31-15-19(3)34-20(4)16-31)30-25(23)22-12-8-9-13-24(22)28/h5-14,18-20H,15-17H2,1-4H3. The second kappa shape index (κ2) is 10.3. The van der Waals surface area contributed by atoms with Crippen molar-refractivity contribution in [3.63, 3.8) is 0 Å². The molecule has 3 aromatic rings. The quantitative estimate of drug-likeness (QED) is 0.519. The summed E-state index contributed by atoms with van der Waals surface area (Å²) in [6.45, 7) is 9.63. The first-order valence-corrected chi connectivity index (χ1v) is 11.7. The van der Waals surface area contributed by atoms with Crippen molar-refractivity contribution in [2.45, 2.75) is 52.5 Å². The Labute approximate surface area is 200 Å². The van der Waals surface area contributed by atoms with E-state index in [0.717, 1.165) is 5.56 Å². The SMILES string of the molecule is CC1CN(c2ncc(C(=O)N(Cc3ccccc3)C(C)C)c(-c3ccccc3F)n2)CC(C)O1. The van der Waals surface area contributed by atoms with Gasteiger partial charge in [-0.1, -0.05) is 42.5 Å². The predicted molar refractivity (Wildman–Crippen MR) is 131 cm³/mol. The van der Waals surface area contributed by atoms with Crippen molar-refractivity contribution in [3.8, 4) is 11.3 Å². The maximum atomic E-state index is 14.9. The van der Waals surface area contributed by atoms with Crippen LogP contribution in [0.3, 0.4) is 0 Å². The Morgan fingerprint density at radius 3 is 2.38 bits per heavy atom. The number of rotatable bonds is 6. The van der Waals surface area contributed by atoms with Crippen LogP contribution < -0.4 is 4.90 Å². The van der Waals surface area contributed by atoms with Gasteiger partial charge in [0.2, 0.25) is 5.95 Å². The van der Waals surface area contributed by atoms with Gasteiger partial charge in [-0.25, -0.2) is 14.4 Å². The fourth-order valence-corrected chi connectivity index (χ4v) is 4.30. The number of ether oxygens (including phenoxy) is 1. The molecule has 0 aliphatic carbocycles. The van der Waals surface area contributed by atoms with Gasteiger partial charge in [0.1, 0.15) is 5.82 Å². The van der Waals surface area contributed by atoms with E-state index >= 15 is 0 Å². The second-order valence-electron chi connectivity index (χ2n) is 9.09. The van der Waals surface area contributed by atoms with Gasteiger partial charge in [-0.15, -0.1) is 0 Å². The highest BCUT2D eigenvalue weighted by Gasteiger charge is 2.28. The lowest BCUT2D eigenvalue weighted by atomic mass is 10.0. The number of anilines is 1. The van der Waals surface area contributed by atoms with Gasteiger partial charge in [0.15, 0.2) is 0 Å². The van der Waals surface area contributed by atoms with Crippen LogP contribution >= 0.6 is 0 Å². The average Bonchev–Trinajstić information content (AvgIpc) is 2.82. The second-order valence-corrected chi connectivity index (χ2v) is 9.09. The smallest absolute Gasteiger partial charge is 0.258 e. The van der Waals surface area contributed by atoms with E-state index in [1.54, 1.807) is 23.1 Å². The van der Waals surface area contributed by atoms with Crippen LogP contribution in [-0.4, -0.2) is 52.1 Å². The molecule has 1 fully saturated rings. The van der Waals surface area contributed by atoms with Gasteiger partial charge in [0, 0.05) is 37.4 Å². The predicted octanol–water partition coefficient (Wildman–Crippen LogP) is 4.95. The molecular formula is C27H31FN4O2. The molecule has 0 N–H and O–H groups in total. The van der Waals surface area contributed by atoms with Crippen molar-refractivity contribution in [3.05, 3.63) is 77.7 Å². The Morgan fingerprint density at radius 2 is 1.74 bits per heavy atom. The largest absolute Gasteiger partial charge is 0.372 e. The van der Waals surface area contributed by atoms with Crippen molar-refractivity contribution in [1.82, 2.24) is 14.9 Å². The fourth-order valence-electron chi connectivity index (χ4n) is 4.30. The number of nitrogens with zero attached hydrogens (tertiary/aromatic N) is 4. The van der Waals surface area contributed by atoms with Gasteiger partial charge < -0.3 is 14.5 Å². The van der Waals surface area contributed by atoms with E-state index in [2.05, 4.69) is 4.98 Å². The van der Waals surface area contributed by atoms with E-state index in [1.165, 1.54) is 12.3 Å². The number of carbonyl (C=O) groups excluding carboxylic acids is 1. The molecule has 0 radical (unpaired) electrons. The lowest BCUT2D eigenvalue weighted by molar-refractivity contribution is -0.00572. The molecule has 34 heavy (non-hydrogen) atoms. The summed E-state index contributed by atoms with van der Waals surface area (Å²) in [5.74, 6) is -0.188. The monoisotopic (exact) mass is 462 g/mol. The highest BCUT2D eigenvalue weighted by molar-refractivity contribution is 6.00. The summed E-state index contributed by atoms with van der Waals surface area (Å²) in [6, 6.07) is 16.2. The minimum Gasteiger partial charge on any atom is -0.372 e. The summed E-state index contributed by atoms with van der Waals surface area (Å²) in [7, 11) is 0. The van der Waals surface area contributed by atoms with Gasteiger partial charge in [-0.2, -0.15) is 0 Å². The van der Waals surface area contributed by atoms with Crippen LogP contribution in [0.1, 0.15) is 43.6 Å². The topological polar surface area (TPSA) is 58.6 Å². The first kappa shape index (κ1) is 23.8. The number of carbonyl (C=O) groups is 1. The van der Waals surface area contributed by atoms with Gasteiger partial charge in [-0.05, 0) is 45.4 Å². The minimum atomic E-state index is -0.427. The molecule has 6 nitrogen and oxygen atoms in total. The Bertz CT molecular complexity index is 1130. The third-order valence-electron chi connectivity index (χ3n) is 5.92. The molecule has 2 atom stereocenters. The van der Waals surface area contributed by atoms with Crippen LogP contribution in [0.4, 0.5) is 10.3 Å². The van der Waals surface area contributed by atoms with Crippen LogP contribution in [0.2, 0.25) is 0 Å². The van der Waals surface area contributed by atoms with Gasteiger partial charge in [0.05, 0.1) is 23.5 Å². The molecule has 1 aromatic heterocycles. The number of morpholine rings is 1. The highest BCUT2D eigenvalue weighted by atomic mass is 19.1. The molecule has 0 saturated carbocycles. The Kier molecular flexibility index (Phi) is 7.22. The molecule has 1 aliphatic rings. The van der Waals surface area contributed by atoms with Crippen LogP contribution in [0.25, 0.3) is 11.3 Å². The van der Waals surface area contributed by atoms with Crippen LogP contribution in [0.5, 0.6) is 0 Å². The Morgan fingerprint density at radius 1 is 1.09 bits per heavy atom. The molecule has 2 aromatic carbocycles. The normalized spacial score (nSPS) is 18.2. The van der Waals surface area contributed by atoms with Crippen molar-refractivity contribution in [1.29, 1.82) is 0 Å². The molecule has 1 saturated heterocycles. The third kappa shape index (κ3) is 5.25. The number of halogens is 1. The Hall–Kier alpha value is -3.32. The van der Waals surface area contributed by atoms with E-state index in [-0.39, 0.29) is 35.3 Å². The maximum absolute atomic E-state index is 14.9. The number of benzene rings is 2. The summed E-state index contributed by atoms with van der Waals surface area (Å²) in [6.07, 6.45) is 1.58. The Balaban J connectivity index is 1.76. The van der Waals surface area contributed by atoms with Crippen molar-refractivity contribution in [2.24, 2.45) is 0 Å². The maximum Gasteiger partial charge on any atom is 0.258 e. The summed E-state index contributed by atoms with van der Waals surface area (Å²) < 4.78 is 20.7. The molecule has 2 heterocycles. The van der Waals surface area contributed by atoms with Gasteiger partial charge in [-0.3, -0.25) is 4.79 Å². The number of aromatic nitrogens is 2. The van der Waals surface area contributed by atoms with E-state index in [0.29, 0.717) is 31.3 Å². The molecule has 2 unspecified atom stereocenters. The van der Waals surface area contributed by atoms with E-state index in [1.807, 2.05) is 62.9 Å².